The van der Waals surface area contributed by atoms with Crippen LogP contribution in [0, 0.1) is 17.3 Å². The maximum Gasteiger partial charge on any atom is 0.380 e. The molecule has 0 radical (unpaired) electrons. The van der Waals surface area contributed by atoms with Crippen molar-refractivity contribution in [3.63, 3.8) is 0 Å². The molecule has 2 saturated carbocycles. The van der Waals surface area contributed by atoms with E-state index >= 15 is 0 Å². The molecule has 9 nitrogen and oxygen atoms in total. The molecular weight excluding hydrogens is 418 g/mol. The second kappa shape index (κ2) is 7.30. The number of hydrogen-bond donors (Lipinski definition) is 1. The lowest BCUT2D eigenvalue weighted by Crippen LogP contribution is -2.42. The Morgan fingerprint density at radius 1 is 1.16 bits per heavy atom. The van der Waals surface area contributed by atoms with Gasteiger partial charge in [-0.2, -0.15) is 18.7 Å². The highest BCUT2D eigenvalue weighted by Crippen LogP contribution is 2.60. The van der Waals surface area contributed by atoms with Crippen LogP contribution in [0.1, 0.15) is 56.1 Å². The number of benzene rings is 1. The molecule has 3 aliphatic carbocycles. The topological polar surface area (TPSA) is 122 Å². The van der Waals surface area contributed by atoms with Gasteiger partial charge in [-0.3, -0.25) is 0 Å². The minimum absolute atomic E-state index is 0.0870. The zero-order valence-electron chi connectivity index (χ0n) is 17.7. The number of aryl methyl sites for hydroxylation is 1. The Morgan fingerprint density at radius 2 is 1.94 bits per heavy atom. The average molecular weight is 446 g/mol. The van der Waals surface area contributed by atoms with Crippen molar-refractivity contribution in [2.45, 2.75) is 51.4 Å². The zero-order valence-corrected chi connectivity index (χ0v) is 18.5. The lowest BCUT2D eigenvalue weighted by Gasteiger charge is -2.49. The van der Waals surface area contributed by atoms with Crippen molar-refractivity contribution in [2.24, 2.45) is 27.5 Å². The largest absolute Gasteiger partial charge is 0.493 e. The van der Waals surface area contributed by atoms with Crippen molar-refractivity contribution in [3.05, 3.63) is 35.9 Å². The predicted octanol–water partition coefficient (Wildman–Crippen LogP) is 2.63. The van der Waals surface area contributed by atoms with Gasteiger partial charge in [0.25, 0.3) is 0 Å². The van der Waals surface area contributed by atoms with E-state index in [4.69, 9.17) is 19.2 Å². The summed E-state index contributed by atoms with van der Waals surface area (Å²) in [6.45, 7) is 2.36. The van der Waals surface area contributed by atoms with E-state index in [2.05, 4.69) is 17.1 Å². The number of aromatic nitrogens is 3. The fourth-order valence-corrected chi connectivity index (χ4v) is 6.65. The maximum absolute atomic E-state index is 11.4. The summed E-state index contributed by atoms with van der Waals surface area (Å²) in [5.74, 6) is 2.12. The summed E-state index contributed by atoms with van der Waals surface area (Å²) in [7, 11) is -2.60. The molecule has 1 aromatic carbocycles. The Kier molecular flexibility index (Phi) is 4.82. The Balaban J connectivity index is 1.47. The molecule has 0 amide bonds. The normalized spacial score (nSPS) is 31.1. The molecule has 2 aromatic rings. The fourth-order valence-electron chi connectivity index (χ4n) is 6.27. The molecule has 0 saturated heterocycles. The summed E-state index contributed by atoms with van der Waals surface area (Å²) in [5.41, 5.74) is 3.71. The molecule has 4 atom stereocenters. The molecule has 166 valence electrons. The van der Waals surface area contributed by atoms with E-state index in [1.165, 1.54) is 18.4 Å². The van der Waals surface area contributed by atoms with Gasteiger partial charge in [-0.05, 0) is 79.5 Å². The Labute approximate surface area is 181 Å². The maximum atomic E-state index is 11.4. The molecule has 0 unspecified atom stereocenters. The van der Waals surface area contributed by atoms with Crippen LogP contribution >= 0.6 is 0 Å². The first-order chi connectivity index (χ1) is 14.8. The van der Waals surface area contributed by atoms with Gasteiger partial charge in [-0.15, -0.1) is 10.2 Å². The third-order valence-corrected chi connectivity index (χ3v) is 8.01. The number of fused-ring (bicyclic) bond motifs is 5. The van der Waals surface area contributed by atoms with Gasteiger partial charge >= 0.3 is 10.3 Å². The first-order valence-corrected chi connectivity index (χ1v) is 12.1. The molecule has 2 fully saturated rings. The first-order valence-electron chi connectivity index (χ1n) is 10.6. The van der Waals surface area contributed by atoms with Crippen LogP contribution in [0.5, 0.6) is 11.5 Å². The minimum atomic E-state index is -4.11. The number of nitrogens with two attached hydrogens (primary N) is 1. The number of rotatable bonds is 4. The van der Waals surface area contributed by atoms with E-state index in [-0.39, 0.29) is 11.2 Å². The van der Waals surface area contributed by atoms with Gasteiger partial charge in [0, 0.05) is 11.1 Å². The summed E-state index contributed by atoms with van der Waals surface area (Å²) in [6, 6.07) is 3.74. The van der Waals surface area contributed by atoms with Crippen LogP contribution in [-0.2, 0) is 16.7 Å². The summed E-state index contributed by atoms with van der Waals surface area (Å²) in [4.78, 5) is 0. The van der Waals surface area contributed by atoms with Crippen molar-refractivity contribution in [1.29, 1.82) is 0 Å². The van der Waals surface area contributed by atoms with Gasteiger partial charge in [-0.25, -0.2) is 4.68 Å². The molecule has 0 spiro atoms. The molecular formula is C21H27N5O4S. The zero-order chi connectivity index (χ0) is 21.8. The smallest absolute Gasteiger partial charge is 0.380 e. The lowest BCUT2D eigenvalue weighted by atomic mass is 9.55. The summed E-state index contributed by atoms with van der Waals surface area (Å²) in [5, 5.41) is 17.6. The molecule has 10 heteroatoms. The summed E-state index contributed by atoms with van der Waals surface area (Å²) >= 11 is 0. The highest BCUT2D eigenvalue weighted by Gasteiger charge is 2.53. The predicted molar refractivity (Wildman–Crippen MR) is 114 cm³/mol. The third-order valence-electron chi connectivity index (χ3n) is 7.60. The second-order valence-corrected chi connectivity index (χ2v) is 10.2. The van der Waals surface area contributed by atoms with Crippen molar-refractivity contribution in [2.75, 3.05) is 7.11 Å². The second-order valence-electron chi connectivity index (χ2n) is 9.08. The van der Waals surface area contributed by atoms with Crippen molar-refractivity contribution in [3.8, 4) is 11.5 Å². The van der Waals surface area contributed by atoms with Gasteiger partial charge in [0.1, 0.15) is 12.7 Å². The molecule has 1 aromatic heterocycles. The number of ether oxygens (including phenoxy) is 1. The van der Waals surface area contributed by atoms with E-state index < -0.39 is 10.3 Å². The highest BCUT2D eigenvalue weighted by molar-refractivity contribution is 7.84. The Bertz CT molecular complexity index is 1130. The van der Waals surface area contributed by atoms with E-state index in [0.717, 1.165) is 44.1 Å². The van der Waals surface area contributed by atoms with Crippen molar-refractivity contribution < 1.29 is 17.3 Å². The third kappa shape index (κ3) is 3.51. The minimum Gasteiger partial charge on any atom is -0.493 e. The van der Waals surface area contributed by atoms with Crippen LogP contribution in [0.4, 0.5) is 0 Å². The van der Waals surface area contributed by atoms with Gasteiger partial charge < -0.3 is 8.92 Å². The van der Waals surface area contributed by atoms with Crippen molar-refractivity contribution in [1.82, 2.24) is 14.9 Å². The van der Waals surface area contributed by atoms with Gasteiger partial charge in [0.15, 0.2) is 11.5 Å². The van der Waals surface area contributed by atoms with E-state index in [1.54, 1.807) is 23.4 Å². The first kappa shape index (κ1) is 20.4. The molecule has 2 N–H and O–H groups in total. The summed E-state index contributed by atoms with van der Waals surface area (Å²) < 4.78 is 35.0. The number of methoxy groups -OCH3 is 1. The van der Waals surface area contributed by atoms with Crippen LogP contribution < -0.4 is 14.1 Å². The van der Waals surface area contributed by atoms with E-state index in [1.807, 2.05) is 6.07 Å². The molecule has 0 aliphatic heterocycles. The van der Waals surface area contributed by atoms with Crippen LogP contribution in [0.3, 0.4) is 0 Å². The molecule has 1 heterocycles. The standard InChI is InChI=1S/C21H27N5O4S/c1-21-8-7-14-15(17(21)5-6-20(21)25-26-11-23-24-12-26)4-3-13-9-19(30-31(22,27)28)18(29-2)10-16(13)14/h9-12,14-15,17H,3-8H2,1-2H3,(H2,22,27,28)/b25-20+/t14-,15+,17-,21-/m0/s1. The Morgan fingerprint density at radius 3 is 2.65 bits per heavy atom. The van der Waals surface area contributed by atoms with Gasteiger partial charge in [0.05, 0.1) is 7.11 Å². The molecule has 31 heavy (non-hydrogen) atoms. The summed E-state index contributed by atoms with van der Waals surface area (Å²) in [6.07, 6.45) is 9.49. The quantitative estimate of drug-likeness (QED) is 0.772. The monoisotopic (exact) mass is 445 g/mol. The van der Waals surface area contributed by atoms with Gasteiger partial charge in [0.2, 0.25) is 0 Å². The molecule has 5 rings (SSSR count). The molecule has 3 aliphatic rings. The number of nitrogens with zero attached hydrogens (tertiary/aromatic N) is 4. The lowest BCUT2D eigenvalue weighted by molar-refractivity contribution is 0.0952. The fraction of sp³-hybridized carbons (Fsp3) is 0.571. The average Bonchev–Trinajstić information content (AvgIpc) is 3.34. The molecule has 0 bridgehead atoms. The number of hydrogen-bond acceptors (Lipinski definition) is 7. The Hall–Kier alpha value is -2.46. The van der Waals surface area contributed by atoms with Gasteiger partial charge in [-0.1, -0.05) is 6.92 Å². The van der Waals surface area contributed by atoms with Crippen LogP contribution in [-0.4, -0.2) is 36.1 Å². The van der Waals surface area contributed by atoms with Crippen molar-refractivity contribution >= 4 is 16.0 Å². The van der Waals surface area contributed by atoms with E-state index in [9.17, 15) is 8.42 Å². The van der Waals surface area contributed by atoms with E-state index in [0.29, 0.717) is 23.5 Å². The van der Waals surface area contributed by atoms with Crippen LogP contribution in [0.2, 0.25) is 0 Å². The van der Waals surface area contributed by atoms with Crippen LogP contribution in [0.25, 0.3) is 0 Å². The van der Waals surface area contributed by atoms with Crippen LogP contribution in [0.15, 0.2) is 29.9 Å². The SMILES string of the molecule is COc1cc2c(cc1OS(N)(=O)=O)CC[C@@H]1[C@@H]2CC[C@]2(C)/C(=N/n3cnnc3)CC[C@@H]12. The highest BCUT2D eigenvalue weighted by atomic mass is 32.2.